The molecule has 1 saturated heterocycles. The van der Waals surface area contributed by atoms with Gasteiger partial charge in [0.15, 0.2) is 0 Å². The second kappa shape index (κ2) is 5.50. The molecular formula is C12H21BrO3. The van der Waals surface area contributed by atoms with Crippen molar-refractivity contribution in [1.29, 1.82) is 0 Å². The summed E-state index contributed by atoms with van der Waals surface area (Å²) in [5, 5.41) is 0. The Morgan fingerprint density at radius 3 is 2.62 bits per heavy atom. The number of halogens is 1. The van der Waals surface area contributed by atoms with Crippen LogP contribution < -0.4 is 0 Å². The highest BCUT2D eigenvalue weighted by Gasteiger charge is 2.34. The largest absolute Gasteiger partial charge is 0.423 e. The van der Waals surface area contributed by atoms with Crippen molar-refractivity contribution in [1.82, 2.24) is 0 Å². The maximum Gasteiger partial charge on any atom is 0.308 e. The van der Waals surface area contributed by atoms with E-state index in [0.717, 1.165) is 25.7 Å². The van der Waals surface area contributed by atoms with Crippen LogP contribution in [0.15, 0.2) is 0 Å². The molecule has 0 amide bonds. The number of hydrogen-bond donors (Lipinski definition) is 0. The molecule has 94 valence electrons. The zero-order valence-corrected chi connectivity index (χ0v) is 11.9. The predicted octanol–water partition coefficient (Wildman–Crippen LogP) is 3.61. The minimum atomic E-state index is -0.861. The number of carbonyl (C=O) groups excluding carboxylic acids is 1. The Kier molecular flexibility index (Phi) is 4.80. The summed E-state index contributed by atoms with van der Waals surface area (Å²) in [6.45, 7) is 6.99. The molecule has 0 aromatic rings. The molecule has 0 aliphatic carbocycles. The molecule has 3 nitrogen and oxygen atoms in total. The lowest BCUT2D eigenvalue weighted by molar-refractivity contribution is -0.198. The number of hydrogen-bond acceptors (Lipinski definition) is 3. The Morgan fingerprint density at radius 2 is 2.12 bits per heavy atom. The minimum absolute atomic E-state index is 0.159. The summed E-state index contributed by atoms with van der Waals surface area (Å²) in [7, 11) is 0. The molecule has 1 aliphatic heterocycles. The SMILES string of the molecule is CC(C)(C)CCC(=O)OC1(Br)CCCCO1. The Hall–Kier alpha value is -0.0900. The van der Waals surface area contributed by atoms with Crippen molar-refractivity contribution in [3.63, 3.8) is 0 Å². The van der Waals surface area contributed by atoms with Gasteiger partial charge in [-0.25, -0.2) is 0 Å². The topological polar surface area (TPSA) is 35.5 Å². The first-order chi connectivity index (χ1) is 7.31. The Labute approximate surface area is 106 Å². The molecule has 1 heterocycles. The van der Waals surface area contributed by atoms with Crippen LogP contribution in [0.2, 0.25) is 0 Å². The van der Waals surface area contributed by atoms with Crippen molar-refractivity contribution < 1.29 is 14.3 Å². The third kappa shape index (κ3) is 5.30. The van der Waals surface area contributed by atoms with Gasteiger partial charge in [0.25, 0.3) is 4.70 Å². The molecule has 1 fully saturated rings. The van der Waals surface area contributed by atoms with E-state index in [1.165, 1.54) is 0 Å². The fourth-order valence-electron chi connectivity index (χ4n) is 1.51. The quantitative estimate of drug-likeness (QED) is 0.589. The molecule has 1 rings (SSSR count). The molecule has 1 aliphatic rings. The van der Waals surface area contributed by atoms with Gasteiger partial charge in [0.1, 0.15) is 0 Å². The first-order valence-electron chi connectivity index (χ1n) is 5.85. The highest BCUT2D eigenvalue weighted by atomic mass is 79.9. The predicted molar refractivity (Wildman–Crippen MR) is 66.2 cm³/mol. The summed E-state index contributed by atoms with van der Waals surface area (Å²) in [6.07, 6.45) is 4.06. The van der Waals surface area contributed by atoms with Crippen LogP contribution in [-0.4, -0.2) is 17.3 Å². The average Bonchev–Trinajstić information content (AvgIpc) is 2.14. The third-order valence-corrected chi connectivity index (χ3v) is 3.32. The molecule has 0 N–H and O–H groups in total. The lowest BCUT2D eigenvalue weighted by atomic mass is 9.91. The normalized spacial score (nSPS) is 26.5. The number of carbonyl (C=O) groups is 1. The summed E-state index contributed by atoms with van der Waals surface area (Å²) in [4.78, 5) is 11.6. The highest BCUT2D eigenvalue weighted by molar-refractivity contribution is 9.10. The molecular weight excluding hydrogens is 272 g/mol. The van der Waals surface area contributed by atoms with E-state index in [2.05, 4.69) is 36.7 Å². The van der Waals surface area contributed by atoms with Gasteiger partial charge in [0.2, 0.25) is 0 Å². The molecule has 0 radical (unpaired) electrons. The van der Waals surface area contributed by atoms with Crippen LogP contribution >= 0.6 is 15.9 Å². The van der Waals surface area contributed by atoms with Gasteiger partial charge >= 0.3 is 5.97 Å². The Bertz CT molecular complexity index is 239. The van der Waals surface area contributed by atoms with E-state index >= 15 is 0 Å². The van der Waals surface area contributed by atoms with Gasteiger partial charge in [-0.1, -0.05) is 20.8 Å². The van der Waals surface area contributed by atoms with Crippen molar-refractivity contribution in [2.75, 3.05) is 6.61 Å². The summed E-state index contributed by atoms with van der Waals surface area (Å²) < 4.78 is 9.91. The van der Waals surface area contributed by atoms with Crippen molar-refractivity contribution in [3.05, 3.63) is 0 Å². The molecule has 4 heteroatoms. The van der Waals surface area contributed by atoms with Crippen molar-refractivity contribution >= 4 is 21.9 Å². The molecule has 1 atom stereocenters. The monoisotopic (exact) mass is 292 g/mol. The smallest absolute Gasteiger partial charge is 0.308 e. The van der Waals surface area contributed by atoms with E-state index in [1.54, 1.807) is 0 Å². The van der Waals surface area contributed by atoms with Crippen LogP contribution in [0.1, 0.15) is 52.9 Å². The fraction of sp³-hybridized carbons (Fsp3) is 0.917. The molecule has 0 bridgehead atoms. The molecule has 0 saturated carbocycles. The molecule has 16 heavy (non-hydrogen) atoms. The van der Waals surface area contributed by atoms with Crippen LogP contribution in [0.3, 0.4) is 0 Å². The molecule has 1 unspecified atom stereocenters. The minimum Gasteiger partial charge on any atom is -0.423 e. The third-order valence-electron chi connectivity index (χ3n) is 2.53. The Balaban J connectivity index is 2.33. The van der Waals surface area contributed by atoms with Crippen LogP contribution in [0.5, 0.6) is 0 Å². The zero-order valence-electron chi connectivity index (χ0n) is 10.3. The standard InChI is InChI=1S/C12H21BrO3/c1-11(2,3)8-6-10(14)16-12(13)7-4-5-9-15-12/h4-9H2,1-3H3. The van der Waals surface area contributed by atoms with Crippen LogP contribution in [0.4, 0.5) is 0 Å². The van der Waals surface area contributed by atoms with E-state index < -0.39 is 4.70 Å². The number of esters is 1. The van der Waals surface area contributed by atoms with Gasteiger partial charge in [0.05, 0.1) is 6.61 Å². The lowest BCUT2D eigenvalue weighted by Gasteiger charge is -2.31. The van der Waals surface area contributed by atoms with Gasteiger partial charge in [-0.3, -0.25) is 4.79 Å². The number of ether oxygens (including phenoxy) is 2. The van der Waals surface area contributed by atoms with Crippen molar-refractivity contribution in [2.24, 2.45) is 5.41 Å². The number of rotatable bonds is 3. The van der Waals surface area contributed by atoms with Crippen LogP contribution in [0, 0.1) is 5.41 Å². The zero-order chi connectivity index (χ0) is 12.2. The maximum absolute atomic E-state index is 11.6. The molecule has 0 spiro atoms. The van der Waals surface area contributed by atoms with Crippen LogP contribution in [-0.2, 0) is 14.3 Å². The maximum atomic E-state index is 11.6. The lowest BCUT2D eigenvalue weighted by Crippen LogP contribution is -2.35. The van der Waals surface area contributed by atoms with Gasteiger partial charge < -0.3 is 9.47 Å². The van der Waals surface area contributed by atoms with E-state index in [4.69, 9.17) is 9.47 Å². The first kappa shape index (κ1) is 14.0. The van der Waals surface area contributed by atoms with E-state index in [1.807, 2.05) is 0 Å². The fourth-order valence-corrected chi connectivity index (χ4v) is 2.14. The van der Waals surface area contributed by atoms with Gasteiger partial charge in [0, 0.05) is 12.8 Å². The second-order valence-corrected chi connectivity index (χ2v) is 6.71. The summed E-state index contributed by atoms with van der Waals surface area (Å²) in [6, 6.07) is 0. The van der Waals surface area contributed by atoms with Gasteiger partial charge in [-0.15, -0.1) is 0 Å². The summed E-state index contributed by atoms with van der Waals surface area (Å²) in [5.41, 5.74) is 0.159. The average molecular weight is 293 g/mol. The van der Waals surface area contributed by atoms with E-state index in [0.29, 0.717) is 13.0 Å². The molecule has 0 aromatic heterocycles. The van der Waals surface area contributed by atoms with Crippen LogP contribution in [0.25, 0.3) is 0 Å². The van der Waals surface area contributed by atoms with Crippen molar-refractivity contribution in [3.8, 4) is 0 Å². The second-order valence-electron chi connectivity index (χ2n) is 5.50. The first-order valence-corrected chi connectivity index (χ1v) is 6.65. The summed E-state index contributed by atoms with van der Waals surface area (Å²) >= 11 is 3.35. The number of alkyl halides is 1. The van der Waals surface area contributed by atoms with Crippen molar-refractivity contribution in [2.45, 2.75) is 57.6 Å². The summed E-state index contributed by atoms with van der Waals surface area (Å²) in [5.74, 6) is -0.186. The Morgan fingerprint density at radius 1 is 1.44 bits per heavy atom. The van der Waals surface area contributed by atoms with Gasteiger partial charge in [-0.05, 0) is 40.6 Å². The van der Waals surface area contributed by atoms with E-state index in [9.17, 15) is 4.79 Å². The van der Waals surface area contributed by atoms with Gasteiger partial charge in [-0.2, -0.15) is 0 Å². The highest BCUT2D eigenvalue weighted by Crippen LogP contribution is 2.33. The molecule has 0 aromatic carbocycles. The van der Waals surface area contributed by atoms with E-state index in [-0.39, 0.29) is 11.4 Å².